The summed E-state index contributed by atoms with van der Waals surface area (Å²) in [5, 5.41) is 2.94. The van der Waals surface area contributed by atoms with Crippen molar-refractivity contribution in [3.05, 3.63) is 35.8 Å². The Morgan fingerprint density at radius 3 is 2.67 bits per heavy atom. The minimum atomic E-state index is -0.0378. The molecule has 0 spiro atoms. The summed E-state index contributed by atoms with van der Waals surface area (Å²) in [4.78, 5) is 16.6. The number of hydrogen-bond acceptors (Lipinski definition) is 4. The number of rotatable bonds is 3. The third-order valence-corrected chi connectivity index (χ3v) is 5.62. The van der Waals surface area contributed by atoms with Gasteiger partial charge in [-0.3, -0.25) is 4.79 Å². The largest absolute Gasteiger partial charge is 0.426 e. The summed E-state index contributed by atoms with van der Waals surface area (Å²) in [7, 11) is 0. The van der Waals surface area contributed by atoms with Crippen LogP contribution < -0.4 is 4.74 Å². The molecule has 0 N–H and O–H groups in total. The predicted molar refractivity (Wildman–Crippen MR) is 82.1 cm³/mol. The molecule has 0 amide bonds. The summed E-state index contributed by atoms with van der Waals surface area (Å²) in [6.45, 7) is 0. The number of ether oxygens (including phenoxy) is 1. The van der Waals surface area contributed by atoms with Crippen molar-refractivity contribution in [3.63, 3.8) is 0 Å². The fourth-order valence-corrected chi connectivity index (χ4v) is 4.40. The van der Waals surface area contributed by atoms with Gasteiger partial charge in [-0.15, -0.1) is 11.3 Å². The lowest BCUT2D eigenvalue weighted by molar-refractivity contribution is -0.140. The molecule has 1 heterocycles. The number of hydrogen-bond donors (Lipinski definition) is 0. The first-order chi connectivity index (χ1) is 10.3. The van der Waals surface area contributed by atoms with Crippen LogP contribution in [0.2, 0.25) is 0 Å². The van der Waals surface area contributed by atoms with E-state index >= 15 is 0 Å². The fourth-order valence-electron chi connectivity index (χ4n) is 3.76. The maximum atomic E-state index is 12.3. The molecule has 0 aliphatic heterocycles. The minimum absolute atomic E-state index is 0.0378. The monoisotopic (exact) mass is 299 g/mol. The lowest BCUT2D eigenvalue weighted by atomic mass is 9.89. The zero-order valence-electron chi connectivity index (χ0n) is 11.7. The van der Waals surface area contributed by atoms with Crippen molar-refractivity contribution >= 4 is 17.3 Å². The van der Waals surface area contributed by atoms with Crippen molar-refractivity contribution < 1.29 is 9.53 Å². The summed E-state index contributed by atoms with van der Waals surface area (Å²) in [5.74, 6) is 2.06. The lowest BCUT2D eigenvalue weighted by Crippen LogP contribution is -2.25. The van der Waals surface area contributed by atoms with Crippen LogP contribution in [-0.2, 0) is 4.79 Å². The maximum Gasteiger partial charge on any atom is 0.314 e. The average molecular weight is 299 g/mol. The van der Waals surface area contributed by atoms with Gasteiger partial charge in [-0.05, 0) is 55.4 Å². The highest BCUT2D eigenvalue weighted by Crippen LogP contribution is 2.48. The van der Waals surface area contributed by atoms with Gasteiger partial charge in [0.2, 0.25) is 0 Å². The lowest BCUT2D eigenvalue weighted by Gasteiger charge is -2.19. The third-order valence-electron chi connectivity index (χ3n) is 4.79. The summed E-state index contributed by atoms with van der Waals surface area (Å²) < 4.78 is 5.57. The highest BCUT2D eigenvalue weighted by atomic mass is 32.1. The molecule has 0 saturated heterocycles. The van der Waals surface area contributed by atoms with E-state index in [1.54, 1.807) is 17.5 Å². The number of benzene rings is 1. The van der Waals surface area contributed by atoms with Gasteiger partial charge < -0.3 is 4.74 Å². The van der Waals surface area contributed by atoms with Crippen molar-refractivity contribution in [2.24, 2.45) is 17.8 Å². The van der Waals surface area contributed by atoms with Crippen LogP contribution >= 0.6 is 11.3 Å². The van der Waals surface area contributed by atoms with Gasteiger partial charge in [0.15, 0.2) is 0 Å². The summed E-state index contributed by atoms with van der Waals surface area (Å²) in [6, 6.07) is 7.65. The Labute approximate surface area is 128 Å². The van der Waals surface area contributed by atoms with Gasteiger partial charge in [0.05, 0.1) is 5.92 Å². The number of carbonyl (C=O) groups excluding carboxylic acids is 1. The fraction of sp³-hybridized carbons (Fsp3) is 0.412. The molecule has 1 aromatic carbocycles. The third kappa shape index (κ3) is 2.48. The van der Waals surface area contributed by atoms with Gasteiger partial charge in [-0.1, -0.05) is 6.42 Å². The van der Waals surface area contributed by atoms with E-state index in [1.165, 1.54) is 19.3 Å². The van der Waals surface area contributed by atoms with Crippen LogP contribution in [0.5, 0.6) is 5.75 Å². The second kappa shape index (κ2) is 5.26. The molecule has 4 rings (SSSR count). The highest BCUT2D eigenvalue weighted by Gasteiger charge is 2.44. The van der Waals surface area contributed by atoms with Crippen molar-refractivity contribution in [2.75, 3.05) is 0 Å². The second-order valence-electron chi connectivity index (χ2n) is 6.06. The van der Waals surface area contributed by atoms with E-state index in [0.29, 0.717) is 11.7 Å². The predicted octanol–water partition coefficient (Wildman–Crippen LogP) is 4.15. The molecule has 108 valence electrons. The maximum absolute atomic E-state index is 12.3. The molecule has 4 heteroatoms. The Morgan fingerprint density at radius 2 is 2.05 bits per heavy atom. The van der Waals surface area contributed by atoms with Crippen LogP contribution in [0.3, 0.4) is 0 Å². The number of esters is 1. The Morgan fingerprint density at radius 1 is 1.19 bits per heavy atom. The van der Waals surface area contributed by atoms with Gasteiger partial charge in [0.1, 0.15) is 10.8 Å². The van der Waals surface area contributed by atoms with E-state index in [4.69, 9.17) is 4.74 Å². The summed E-state index contributed by atoms with van der Waals surface area (Å²) in [6.07, 6.45) is 6.55. The van der Waals surface area contributed by atoms with E-state index in [-0.39, 0.29) is 11.9 Å². The number of carbonyl (C=O) groups is 1. The summed E-state index contributed by atoms with van der Waals surface area (Å²) >= 11 is 1.61. The van der Waals surface area contributed by atoms with Crippen LogP contribution in [0.15, 0.2) is 35.8 Å². The van der Waals surface area contributed by atoms with Gasteiger partial charge in [0, 0.05) is 17.1 Å². The quantitative estimate of drug-likeness (QED) is 0.631. The van der Waals surface area contributed by atoms with Crippen molar-refractivity contribution in [1.29, 1.82) is 0 Å². The topological polar surface area (TPSA) is 39.2 Å². The molecule has 21 heavy (non-hydrogen) atoms. The molecule has 1 aromatic heterocycles. The molecule has 2 bridgehead atoms. The SMILES string of the molecule is O=C(Oc1ccc(-c2nccs2)cc1)C1CC2CCC1C2. The van der Waals surface area contributed by atoms with Crippen LogP contribution in [0, 0.1) is 17.8 Å². The standard InChI is InChI=1S/C17H17NO2S/c19-17(15-10-11-1-2-13(15)9-11)20-14-5-3-12(4-6-14)16-18-7-8-21-16/h3-8,11,13,15H,1-2,9-10H2. The van der Waals surface area contributed by atoms with Crippen LogP contribution in [0.1, 0.15) is 25.7 Å². The number of aromatic nitrogens is 1. The molecule has 3 atom stereocenters. The molecule has 2 aliphatic carbocycles. The summed E-state index contributed by atoms with van der Waals surface area (Å²) in [5.41, 5.74) is 1.06. The first kappa shape index (κ1) is 13.0. The Bertz CT molecular complexity index is 635. The smallest absolute Gasteiger partial charge is 0.314 e. The highest BCUT2D eigenvalue weighted by molar-refractivity contribution is 7.13. The molecule has 0 radical (unpaired) electrons. The molecule has 2 aliphatic rings. The zero-order chi connectivity index (χ0) is 14.2. The van der Waals surface area contributed by atoms with Crippen LogP contribution in [0.4, 0.5) is 0 Å². The van der Waals surface area contributed by atoms with E-state index in [1.807, 2.05) is 29.6 Å². The van der Waals surface area contributed by atoms with Crippen molar-refractivity contribution in [3.8, 4) is 16.3 Å². The number of fused-ring (bicyclic) bond motifs is 2. The van der Waals surface area contributed by atoms with Crippen LogP contribution in [0.25, 0.3) is 10.6 Å². The molecule has 3 unspecified atom stereocenters. The van der Waals surface area contributed by atoms with Crippen LogP contribution in [-0.4, -0.2) is 11.0 Å². The first-order valence-corrected chi connectivity index (χ1v) is 8.39. The van der Waals surface area contributed by atoms with Crippen molar-refractivity contribution in [2.45, 2.75) is 25.7 Å². The average Bonchev–Trinajstić information content (AvgIpc) is 3.25. The first-order valence-electron chi connectivity index (χ1n) is 7.51. The molecule has 2 aromatic rings. The zero-order valence-corrected chi connectivity index (χ0v) is 12.5. The molecule has 2 saturated carbocycles. The number of thiazole rings is 1. The van der Waals surface area contributed by atoms with Gasteiger partial charge >= 0.3 is 5.97 Å². The molecular weight excluding hydrogens is 282 g/mol. The van der Waals surface area contributed by atoms with E-state index in [9.17, 15) is 4.79 Å². The normalized spacial score (nSPS) is 27.0. The molecular formula is C17H17NO2S. The number of nitrogens with zero attached hydrogens (tertiary/aromatic N) is 1. The molecule has 3 nitrogen and oxygen atoms in total. The Kier molecular flexibility index (Phi) is 3.26. The van der Waals surface area contributed by atoms with Gasteiger partial charge in [-0.25, -0.2) is 4.98 Å². The van der Waals surface area contributed by atoms with E-state index in [0.717, 1.165) is 22.9 Å². The molecule has 2 fully saturated rings. The Balaban J connectivity index is 1.44. The van der Waals surface area contributed by atoms with E-state index in [2.05, 4.69) is 4.98 Å². The van der Waals surface area contributed by atoms with Crippen molar-refractivity contribution in [1.82, 2.24) is 4.98 Å². The van der Waals surface area contributed by atoms with Gasteiger partial charge in [0.25, 0.3) is 0 Å². The van der Waals surface area contributed by atoms with Gasteiger partial charge in [-0.2, -0.15) is 0 Å². The Hall–Kier alpha value is -1.68. The minimum Gasteiger partial charge on any atom is -0.426 e. The van der Waals surface area contributed by atoms with E-state index < -0.39 is 0 Å². The second-order valence-corrected chi connectivity index (χ2v) is 6.96.